The van der Waals surface area contributed by atoms with Gasteiger partial charge in [0.2, 0.25) is 0 Å². The van der Waals surface area contributed by atoms with Gasteiger partial charge in [-0.05, 0) is 18.6 Å². The average Bonchev–Trinajstić information content (AvgIpc) is 2.81. The third-order valence-corrected chi connectivity index (χ3v) is 6.12. The summed E-state index contributed by atoms with van der Waals surface area (Å²) in [6, 6.07) is 12.8. The molecule has 1 atom stereocenters. The highest BCUT2D eigenvalue weighted by molar-refractivity contribution is 7.99. The van der Waals surface area contributed by atoms with Gasteiger partial charge in [-0.15, -0.1) is 0 Å². The summed E-state index contributed by atoms with van der Waals surface area (Å²) < 4.78 is 10.1. The molecule has 3 rings (SSSR count). The minimum absolute atomic E-state index is 0.0705. The first-order valence-electron chi connectivity index (χ1n) is 9.79. The first kappa shape index (κ1) is 24.0. The first-order chi connectivity index (χ1) is 15.8. The maximum absolute atomic E-state index is 12.7. The van der Waals surface area contributed by atoms with Gasteiger partial charge in [-0.25, -0.2) is 9.59 Å². The fourth-order valence-electron chi connectivity index (χ4n) is 3.72. The molecule has 1 unspecified atom stereocenters. The molecule has 1 aliphatic heterocycles. The van der Waals surface area contributed by atoms with Gasteiger partial charge in [-0.3, -0.25) is 10.1 Å². The number of carbonyl (C=O) groups excluding carboxylic acids is 1. The van der Waals surface area contributed by atoms with Crippen LogP contribution in [0.1, 0.15) is 24.0 Å². The van der Waals surface area contributed by atoms with Crippen LogP contribution in [-0.2, 0) is 19.1 Å². The zero-order valence-electron chi connectivity index (χ0n) is 18.2. The van der Waals surface area contributed by atoms with Crippen molar-refractivity contribution in [1.82, 2.24) is 5.32 Å². The van der Waals surface area contributed by atoms with Crippen LogP contribution in [-0.4, -0.2) is 42.1 Å². The Morgan fingerprint density at radius 2 is 1.88 bits per heavy atom. The van der Waals surface area contributed by atoms with Crippen LogP contribution >= 0.6 is 11.8 Å². The van der Waals surface area contributed by atoms with E-state index in [0.717, 1.165) is 4.90 Å². The predicted molar refractivity (Wildman–Crippen MR) is 122 cm³/mol. The number of nitrogens with zero attached hydrogens (tertiary/aromatic N) is 1. The van der Waals surface area contributed by atoms with E-state index >= 15 is 0 Å². The third kappa shape index (κ3) is 4.91. The Morgan fingerprint density at radius 1 is 1.15 bits per heavy atom. The molecule has 10 heteroatoms. The highest BCUT2D eigenvalue weighted by Gasteiger charge is 2.39. The molecule has 0 bridgehead atoms. The Bertz CT molecular complexity index is 1170. The summed E-state index contributed by atoms with van der Waals surface area (Å²) >= 11 is 1.38. The monoisotopic (exact) mass is 470 g/mol. The summed E-state index contributed by atoms with van der Waals surface area (Å²) in [7, 11) is 2.76. The van der Waals surface area contributed by atoms with E-state index in [1.165, 1.54) is 37.1 Å². The number of nitro benzene ring substituents is 1. The number of rotatable bonds is 8. The van der Waals surface area contributed by atoms with Gasteiger partial charge in [0.15, 0.2) is 0 Å². The second kappa shape index (κ2) is 10.3. The lowest BCUT2D eigenvalue weighted by Crippen LogP contribution is -2.32. The van der Waals surface area contributed by atoms with Crippen LogP contribution in [0.2, 0.25) is 0 Å². The highest BCUT2D eigenvalue weighted by Crippen LogP contribution is 2.43. The SMILES string of the molecule is COCSc1ccccc1C1=C(C(=O)O)C(c2cccc([N+](=O)[O-])c2)C(C(=O)OC)=C(C)N1. The van der Waals surface area contributed by atoms with E-state index in [-0.39, 0.29) is 16.8 Å². The van der Waals surface area contributed by atoms with Gasteiger partial charge in [0.25, 0.3) is 5.69 Å². The lowest BCUT2D eigenvalue weighted by atomic mass is 9.79. The van der Waals surface area contributed by atoms with Crippen molar-refractivity contribution in [3.05, 3.63) is 86.6 Å². The van der Waals surface area contributed by atoms with Crippen LogP contribution in [0, 0.1) is 10.1 Å². The van der Waals surface area contributed by atoms with Crippen molar-refractivity contribution in [3.8, 4) is 0 Å². The molecule has 0 aliphatic carbocycles. The highest BCUT2D eigenvalue weighted by atomic mass is 32.2. The number of nitrogens with one attached hydrogen (secondary N) is 1. The molecule has 0 aromatic heterocycles. The van der Waals surface area contributed by atoms with Crippen molar-refractivity contribution in [2.24, 2.45) is 0 Å². The smallest absolute Gasteiger partial charge is 0.336 e. The van der Waals surface area contributed by atoms with Gasteiger partial charge < -0.3 is 19.9 Å². The lowest BCUT2D eigenvalue weighted by Gasteiger charge is -2.31. The molecular formula is C23H22N2O7S. The van der Waals surface area contributed by atoms with Crippen LogP contribution in [0.4, 0.5) is 5.69 Å². The molecule has 1 heterocycles. The van der Waals surface area contributed by atoms with E-state index < -0.39 is 22.8 Å². The molecule has 2 aromatic carbocycles. The molecular weight excluding hydrogens is 448 g/mol. The number of hydrogen-bond acceptors (Lipinski definition) is 8. The summed E-state index contributed by atoms with van der Waals surface area (Å²) in [5.41, 5.74) is 1.33. The van der Waals surface area contributed by atoms with Crippen molar-refractivity contribution in [2.75, 3.05) is 20.2 Å². The van der Waals surface area contributed by atoms with Crippen molar-refractivity contribution in [2.45, 2.75) is 17.7 Å². The topological polar surface area (TPSA) is 128 Å². The minimum Gasteiger partial charge on any atom is -0.478 e. The quantitative estimate of drug-likeness (QED) is 0.194. The van der Waals surface area contributed by atoms with Crippen LogP contribution in [0.25, 0.3) is 5.70 Å². The van der Waals surface area contributed by atoms with Crippen molar-refractivity contribution in [3.63, 3.8) is 0 Å². The van der Waals surface area contributed by atoms with Gasteiger partial charge in [0.05, 0.1) is 40.7 Å². The number of allylic oxidation sites excluding steroid dienone is 1. The summed E-state index contributed by atoms with van der Waals surface area (Å²) in [4.78, 5) is 36.9. The lowest BCUT2D eigenvalue weighted by molar-refractivity contribution is -0.384. The molecule has 0 amide bonds. The van der Waals surface area contributed by atoms with E-state index in [0.29, 0.717) is 28.5 Å². The fourth-order valence-corrected chi connectivity index (χ4v) is 4.47. The number of ether oxygens (including phenoxy) is 2. The van der Waals surface area contributed by atoms with Crippen LogP contribution in [0.3, 0.4) is 0 Å². The summed E-state index contributed by atoms with van der Waals surface area (Å²) in [6.45, 7) is 1.64. The molecule has 0 saturated heterocycles. The van der Waals surface area contributed by atoms with Gasteiger partial charge in [-0.1, -0.05) is 42.1 Å². The number of carboxylic acids is 1. The van der Waals surface area contributed by atoms with E-state index in [9.17, 15) is 24.8 Å². The Balaban J connectivity index is 2.32. The van der Waals surface area contributed by atoms with E-state index in [4.69, 9.17) is 9.47 Å². The van der Waals surface area contributed by atoms with Crippen molar-refractivity contribution in [1.29, 1.82) is 0 Å². The number of esters is 1. The van der Waals surface area contributed by atoms with Crippen LogP contribution < -0.4 is 5.32 Å². The Morgan fingerprint density at radius 3 is 2.52 bits per heavy atom. The number of dihydropyridines is 1. The second-order valence-corrected chi connectivity index (χ2v) is 8.05. The summed E-state index contributed by atoms with van der Waals surface area (Å²) in [6.07, 6.45) is 0. The molecule has 2 aromatic rings. The Kier molecular flexibility index (Phi) is 7.52. The Labute approximate surface area is 194 Å². The average molecular weight is 471 g/mol. The number of carbonyl (C=O) groups is 2. The van der Waals surface area contributed by atoms with Crippen molar-refractivity contribution >= 4 is 35.1 Å². The number of nitro groups is 1. The van der Waals surface area contributed by atoms with E-state index in [1.807, 2.05) is 12.1 Å². The van der Waals surface area contributed by atoms with Gasteiger partial charge >= 0.3 is 11.9 Å². The number of non-ortho nitro benzene ring substituents is 1. The number of methoxy groups -OCH3 is 2. The van der Waals surface area contributed by atoms with Gasteiger partial charge in [-0.2, -0.15) is 0 Å². The normalized spacial score (nSPS) is 15.8. The largest absolute Gasteiger partial charge is 0.478 e. The number of hydrogen-bond donors (Lipinski definition) is 2. The molecule has 0 spiro atoms. The summed E-state index contributed by atoms with van der Waals surface area (Å²) in [5.74, 6) is -2.74. The zero-order chi connectivity index (χ0) is 24.1. The second-order valence-electron chi connectivity index (χ2n) is 7.08. The molecule has 1 aliphatic rings. The number of benzene rings is 2. The molecule has 0 fully saturated rings. The van der Waals surface area contributed by atoms with E-state index in [2.05, 4.69) is 5.32 Å². The molecule has 33 heavy (non-hydrogen) atoms. The molecule has 0 radical (unpaired) electrons. The number of aliphatic carboxylic acids is 1. The third-order valence-electron chi connectivity index (χ3n) is 5.10. The maximum Gasteiger partial charge on any atom is 0.336 e. The molecule has 0 saturated carbocycles. The van der Waals surface area contributed by atoms with Gasteiger partial charge in [0.1, 0.15) is 0 Å². The van der Waals surface area contributed by atoms with Crippen LogP contribution in [0.15, 0.2) is 70.3 Å². The Hall–Kier alpha value is -3.63. The maximum atomic E-state index is 12.7. The summed E-state index contributed by atoms with van der Waals surface area (Å²) in [5, 5.41) is 24.7. The molecule has 9 nitrogen and oxygen atoms in total. The fraction of sp³-hybridized carbons (Fsp3) is 0.217. The molecule has 172 valence electrons. The standard InChI is InChI=1S/C23H22N2O7S/c1-13-18(23(28)32-3)19(14-7-6-8-15(11-14)25(29)30)20(22(26)27)21(24-13)16-9-4-5-10-17(16)33-12-31-2/h4-11,19,24H,12H2,1-3H3,(H,26,27). The van der Waals surface area contributed by atoms with Gasteiger partial charge in [0, 0.05) is 35.4 Å². The predicted octanol–water partition coefficient (Wildman–Crippen LogP) is 3.92. The van der Waals surface area contributed by atoms with Crippen LogP contribution in [0.5, 0.6) is 0 Å². The van der Waals surface area contributed by atoms with E-state index in [1.54, 1.807) is 32.2 Å². The number of thioether (sulfide) groups is 1. The minimum atomic E-state index is -1.27. The first-order valence-corrected chi connectivity index (χ1v) is 10.8. The number of carboxylic acid groups (broad SMARTS) is 1. The van der Waals surface area contributed by atoms with Crippen molar-refractivity contribution < 1.29 is 29.1 Å². The zero-order valence-corrected chi connectivity index (χ0v) is 19.0. The molecule has 2 N–H and O–H groups in total.